The van der Waals surface area contributed by atoms with Crippen LogP contribution < -0.4 is 19.1 Å². The van der Waals surface area contributed by atoms with Gasteiger partial charge in [-0.2, -0.15) is 0 Å². The number of fused-ring (bicyclic) bond motifs is 1. The number of anilines is 1. The Hall–Kier alpha value is -4.13. The third-order valence-electron chi connectivity index (χ3n) is 5.38. The second-order valence-corrected chi connectivity index (χ2v) is 7.13. The van der Waals surface area contributed by atoms with Gasteiger partial charge in [0, 0.05) is 11.6 Å². The van der Waals surface area contributed by atoms with Crippen LogP contribution in [0.15, 0.2) is 60.7 Å². The van der Waals surface area contributed by atoms with Gasteiger partial charge >= 0.3 is 0 Å². The van der Waals surface area contributed by atoms with Crippen LogP contribution in [0.2, 0.25) is 0 Å². The molecule has 7 heteroatoms. The molecule has 0 saturated carbocycles. The van der Waals surface area contributed by atoms with Crippen LogP contribution in [0.25, 0.3) is 11.1 Å². The number of methoxy groups -OCH3 is 3. The Morgan fingerprint density at radius 1 is 0.812 bits per heavy atom. The van der Waals surface area contributed by atoms with Crippen molar-refractivity contribution in [2.75, 3.05) is 32.8 Å². The maximum Gasteiger partial charge on any atom is 0.300 e. The Balaban J connectivity index is 1.65. The normalized spacial score (nSPS) is 12.5. The Morgan fingerprint density at radius 2 is 1.44 bits per heavy atom. The Labute approximate surface area is 185 Å². The molecule has 4 rings (SSSR count). The highest BCUT2D eigenvalue weighted by Crippen LogP contribution is 2.48. The number of carbonyl (C=O) groups excluding carboxylic acids is 3. The third kappa shape index (κ3) is 3.47. The van der Waals surface area contributed by atoms with Gasteiger partial charge in [0.25, 0.3) is 11.7 Å². The average molecular weight is 431 g/mol. The lowest BCUT2D eigenvalue weighted by Gasteiger charge is -2.19. The van der Waals surface area contributed by atoms with Gasteiger partial charge in [-0.25, -0.2) is 0 Å². The highest BCUT2D eigenvalue weighted by Gasteiger charge is 2.42. The van der Waals surface area contributed by atoms with E-state index in [0.717, 1.165) is 16.0 Å². The lowest BCUT2D eigenvalue weighted by atomic mass is 10.0. The van der Waals surface area contributed by atoms with E-state index in [1.54, 1.807) is 12.1 Å². The Bertz CT molecular complexity index is 1200. The van der Waals surface area contributed by atoms with Gasteiger partial charge in [-0.15, -0.1) is 0 Å². The smallest absolute Gasteiger partial charge is 0.300 e. The van der Waals surface area contributed by atoms with E-state index in [9.17, 15) is 14.4 Å². The number of benzene rings is 3. The predicted octanol–water partition coefficient (Wildman–Crippen LogP) is 3.79. The van der Waals surface area contributed by atoms with E-state index in [1.165, 1.54) is 27.4 Å². The predicted molar refractivity (Wildman–Crippen MR) is 119 cm³/mol. The Morgan fingerprint density at radius 3 is 2.03 bits per heavy atom. The number of amides is 1. The number of rotatable bonds is 7. The fraction of sp³-hybridized carbons (Fsp3) is 0.160. The van der Waals surface area contributed by atoms with Crippen molar-refractivity contribution in [1.82, 2.24) is 0 Å². The van der Waals surface area contributed by atoms with Gasteiger partial charge in [-0.1, -0.05) is 54.6 Å². The first-order chi connectivity index (χ1) is 15.5. The van der Waals surface area contributed by atoms with E-state index in [0.29, 0.717) is 5.56 Å². The molecule has 0 unspecified atom stereocenters. The van der Waals surface area contributed by atoms with Gasteiger partial charge in [-0.05, 0) is 11.1 Å². The summed E-state index contributed by atoms with van der Waals surface area (Å²) in [4.78, 5) is 39.5. The van der Waals surface area contributed by atoms with E-state index in [4.69, 9.17) is 14.2 Å². The number of ketones is 2. The zero-order chi connectivity index (χ0) is 22.8. The van der Waals surface area contributed by atoms with Crippen LogP contribution in [0, 0.1) is 0 Å². The summed E-state index contributed by atoms with van der Waals surface area (Å²) in [5.74, 6) is -1.27. The van der Waals surface area contributed by atoms with E-state index in [-0.39, 0.29) is 40.8 Å². The van der Waals surface area contributed by atoms with Gasteiger partial charge in [0.05, 0.1) is 39.1 Å². The molecule has 1 aliphatic rings. The summed E-state index contributed by atoms with van der Waals surface area (Å²) < 4.78 is 16.0. The van der Waals surface area contributed by atoms with Crippen LogP contribution in [0.1, 0.15) is 20.7 Å². The van der Waals surface area contributed by atoms with E-state index >= 15 is 0 Å². The van der Waals surface area contributed by atoms with Gasteiger partial charge < -0.3 is 14.2 Å². The largest absolute Gasteiger partial charge is 0.493 e. The first-order valence-electron chi connectivity index (χ1n) is 9.88. The van der Waals surface area contributed by atoms with Gasteiger partial charge in [0.1, 0.15) is 0 Å². The van der Waals surface area contributed by atoms with Crippen molar-refractivity contribution in [3.8, 4) is 28.4 Å². The lowest BCUT2D eigenvalue weighted by Crippen LogP contribution is -2.34. The molecule has 0 bridgehead atoms. The summed E-state index contributed by atoms with van der Waals surface area (Å²) in [6.07, 6.45) is 0. The molecule has 0 aliphatic carbocycles. The lowest BCUT2D eigenvalue weighted by molar-refractivity contribution is -0.114. The highest BCUT2D eigenvalue weighted by molar-refractivity contribution is 6.53. The van der Waals surface area contributed by atoms with Crippen molar-refractivity contribution in [2.45, 2.75) is 0 Å². The van der Waals surface area contributed by atoms with Crippen molar-refractivity contribution >= 4 is 23.2 Å². The summed E-state index contributed by atoms with van der Waals surface area (Å²) in [6, 6.07) is 18.4. The summed E-state index contributed by atoms with van der Waals surface area (Å²) in [5.41, 5.74) is 2.76. The fourth-order valence-corrected chi connectivity index (χ4v) is 3.79. The number of carbonyl (C=O) groups is 3. The van der Waals surface area contributed by atoms with Crippen molar-refractivity contribution in [3.05, 3.63) is 71.8 Å². The molecule has 0 atom stereocenters. The van der Waals surface area contributed by atoms with Gasteiger partial charge in [-0.3, -0.25) is 19.3 Å². The topological polar surface area (TPSA) is 82.1 Å². The average Bonchev–Trinajstić information content (AvgIpc) is 3.07. The minimum absolute atomic E-state index is 0.0578. The van der Waals surface area contributed by atoms with Gasteiger partial charge in [0.2, 0.25) is 5.75 Å². The maximum absolute atomic E-state index is 13.0. The molecule has 0 saturated heterocycles. The van der Waals surface area contributed by atoms with Crippen LogP contribution in [0.5, 0.6) is 17.2 Å². The maximum atomic E-state index is 13.0. The standard InChI is InChI=1S/C25H21NO6/c1-30-20-13-18-21(24(32-3)23(20)31-2)22(28)25(29)26(18)14-19(27)17-11-9-16(10-12-17)15-7-5-4-6-8-15/h4-13H,14H2,1-3H3. The molecule has 1 amide bonds. The molecule has 1 heterocycles. The van der Waals surface area contributed by atoms with Crippen LogP contribution >= 0.6 is 0 Å². The van der Waals surface area contributed by atoms with Crippen LogP contribution in [0.3, 0.4) is 0 Å². The molecule has 1 aliphatic heterocycles. The zero-order valence-corrected chi connectivity index (χ0v) is 17.9. The second kappa shape index (κ2) is 8.55. The summed E-state index contributed by atoms with van der Waals surface area (Å²) in [7, 11) is 4.22. The third-order valence-corrected chi connectivity index (χ3v) is 5.38. The number of nitrogens with zero attached hydrogens (tertiary/aromatic N) is 1. The number of hydrogen-bond acceptors (Lipinski definition) is 6. The van der Waals surface area contributed by atoms with Crippen molar-refractivity contribution in [2.24, 2.45) is 0 Å². The highest BCUT2D eigenvalue weighted by atomic mass is 16.5. The van der Waals surface area contributed by atoms with E-state index in [1.807, 2.05) is 42.5 Å². The minimum Gasteiger partial charge on any atom is -0.493 e. The number of Topliss-reactive ketones (excluding diaryl/α,β-unsaturated/α-hetero) is 2. The number of hydrogen-bond donors (Lipinski definition) is 0. The molecular formula is C25H21NO6. The number of ether oxygens (including phenoxy) is 3. The van der Waals surface area contributed by atoms with Crippen molar-refractivity contribution in [1.29, 1.82) is 0 Å². The van der Waals surface area contributed by atoms with Gasteiger partial charge in [0.15, 0.2) is 17.3 Å². The molecule has 0 N–H and O–H groups in total. The summed E-state index contributed by atoms with van der Waals surface area (Å²) >= 11 is 0. The first kappa shape index (κ1) is 21.1. The van der Waals surface area contributed by atoms with Crippen molar-refractivity contribution < 1.29 is 28.6 Å². The monoisotopic (exact) mass is 431 g/mol. The minimum atomic E-state index is -0.803. The van der Waals surface area contributed by atoms with E-state index < -0.39 is 11.7 Å². The quantitative estimate of drug-likeness (QED) is 0.418. The molecule has 162 valence electrons. The molecular weight excluding hydrogens is 410 g/mol. The van der Waals surface area contributed by atoms with Crippen molar-refractivity contribution in [3.63, 3.8) is 0 Å². The summed E-state index contributed by atoms with van der Waals surface area (Å²) in [5, 5.41) is 0. The zero-order valence-electron chi connectivity index (χ0n) is 17.9. The molecule has 0 radical (unpaired) electrons. The fourth-order valence-electron chi connectivity index (χ4n) is 3.79. The van der Waals surface area contributed by atoms with Crippen LogP contribution in [-0.2, 0) is 4.79 Å². The Kier molecular flexibility index (Phi) is 5.64. The molecule has 0 spiro atoms. The molecule has 0 fully saturated rings. The molecule has 0 aromatic heterocycles. The molecule has 3 aromatic carbocycles. The second-order valence-electron chi connectivity index (χ2n) is 7.13. The molecule has 3 aromatic rings. The first-order valence-corrected chi connectivity index (χ1v) is 9.88. The molecule has 32 heavy (non-hydrogen) atoms. The van der Waals surface area contributed by atoms with Crippen LogP contribution in [-0.4, -0.2) is 45.3 Å². The SMILES string of the molecule is COc1cc2c(c(OC)c1OC)C(=O)C(=O)N2CC(=O)c1ccc(-c2ccccc2)cc1. The van der Waals surface area contributed by atoms with Crippen LogP contribution in [0.4, 0.5) is 5.69 Å². The summed E-state index contributed by atoms with van der Waals surface area (Å²) in [6.45, 7) is -0.291. The molecule has 7 nitrogen and oxygen atoms in total. The van der Waals surface area contributed by atoms with E-state index in [2.05, 4.69) is 0 Å².